The van der Waals surface area contributed by atoms with Crippen molar-refractivity contribution in [3.05, 3.63) is 10.6 Å². The van der Waals surface area contributed by atoms with Crippen LogP contribution in [0.25, 0.3) is 10.6 Å². The average Bonchev–Trinajstić information content (AvgIpc) is 3.05. The largest absolute Gasteiger partial charge is 0.660 e. The van der Waals surface area contributed by atoms with Crippen LogP contribution in [0.1, 0.15) is 73.1 Å². The topological polar surface area (TPSA) is 86.8 Å². The third-order valence-corrected chi connectivity index (χ3v) is 8.78. The lowest BCUT2D eigenvalue weighted by atomic mass is 9.51. The van der Waals surface area contributed by atoms with Crippen molar-refractivity contribution in [1.29, 1.82) is 0 Å². The molecule has 1 saturated heterocycles. The Balaban J connectivity index is 1.93. The third kappa shape index (κ3) is 3.86. The third-order valence-electron chi connectivity index (χ3n) is 8.78. The molecule has 3 rings (SSSR count). The van der Waals surface area contributed by atoms with E-state index >= 15 is 0 Å². The normalized spacial score (nSPS) is 48.2. The molecule has 0 bridgehead atoms. The molecule has 3 aliphatic rings. The smallest absolute Gasteiger partial charge is 0.207 e. The van der Waals surface area contributed by atoms with Crippen LogP contribution < -0.4 is 5.32 Å². The van der Waals surface area contributed by atoms with Crippen molar-refractivity contribution >= 4 is 6.41 Å². The van der Waals surface area contributed by atoms with E-state index in [0.717, 1.165) is 44.9 Å². The summed E-state index contributed by atoms with van der Waals surface area (Å²) in [6.07, 6.45) is 6.48. The molecule has 0 radical (unpaired) electrons. The molecule has 0 aromatic heterocycles. The first-order chi connectivity index (χ1) is 13.4. The Morgan fingerprint density at radius 1 is 1.07 bits per heavy atom. The molecule has 8 atom stereocenters. The van der Waals surface area contributed by atoms with E-state index in [1.54, 1.807) is 0 Å². The highest BCUT2D eigenvalue weighted by atomic mass is 16.5. The maximum absolute atomic E-state index is 11.2. The van der Waals surface area contributed by atoms with Gasteiger partial charge in [-0.3, -0.25) is 4.79 Å². The van der Waals surface area contributed by atoms with Gasteiger partial charge >= 0.3 is 0 Å². The van der Waals surface area contributed by atoms with Crippen LogP contribution >= 0.6 is 0 Å². The van der Waals surface area contributed by atoms with Crippen LogP contribution in [0, 0.1) is 17.8 Å². The first-order valence-electron chi connectivity index (χ1n) is 11.3. The Morgan fingerprint density at radius 2 is 1.72 bits per heavy atom. The van der Waals surface area contributed by atoms with Crippen molar-refractivity contribution in [3.63, 3.8) is 0 Å². The summed E-state index contributed by atoms with van der Waals surface area (Å²) < 4.78 is 6.74. The Hall–Kier alpha value is -0.690. The number of hydrogen-bond donors (Lipinski definition) is 2. The lowest BCUT2D eigenvalue weighted by Crippen LogP contribution is -2.62. The average molecular weight is 408 g/mol. The molecule has 6 nitrogen and oxygen atoms in total. The maximum Gasteiger partial charge on any atom is 0.207 e. The van der Waals surface area contributed by atoms with Crippen LogP contribution in [0.15, 0.2) is 0 Å². The first kappa shape index (κ1) is 23.0. The van der Waals surface area contributed by atoms with Gasteiger partial charge in [0, 0.05) is 5.60 Å². The van der Waals surface area contributed by atoms with E-state index in [9.17, 15) is 9.90 Å². The van der Waals surface area contributed by atoms with E-state index < -0.39 is 11.1 Å². The Bertz CT molecular complexity index is 610. The SMILES string of the molecule is C[N-]C1C2C(CCC1(C)O)C(C)([N-]C)CCC2C1(C)CCC(C(C)(C)NC=O)O1. The van der Waals surface area contributed by atoms with Gasteiger partial charge in [-0.2, -0.15) is 14.1 Å². The molecule has 0 spiro atoms. The van der Waals surface area contributed by atoms with E-state index in [1.807, 2.05) is 34.9 Å². The number of rotatable bonds is 6. The fourth-order valence-electron chi connectivity index (χ4n) is 6.80. The summed E-state index contributed by atoms with van der Waals surface area (Å²) in [6, 6.07) is -0.104. The number of carbonyl (C=O) groups is 1. The summed E-state index contributed by atoms with van der Waals surface area (Å²) in [5, 5.41) is 23.7. The summed E-state index contributed by atoms with van der Waals surface area (Å²) in [5.41, 5.74) is -1.52. The summed E-state index contributed by atoms with van der Waals surface area (Å²) in [5.74, 6) is 0.970. The number of hydrogen-bond acceptors (Lipinski definition) is 3. The van der Waals surface area contributed by atoms with Crippen molar-refractivity contribution < 1.29 is 14.6 Å². The molecule has 1 aliphatic heterocycles. The molecule has 2 aliphatic carbocycles. The number of aliphatic hydroxyl groups is 1. The number of fused-ring (bicyclic) bond motifs is 1. The number of amides is 1. The van der Waals surface area contributed by atoms with E-state index in [-0.39, 0.29) is 29.2 Å². The molecule has 1 amide bonds. The highest BCUT2D eigenvalue weighted by Gasteiger charge is 2.56. The number of ether oxygens (including phenoxy) is 1. The van der Waals surface area contributed by atoms with Crippen LogP contribution in [0.5, 0.6) is 0 Å². The molecule has 168 valence electrons. The lowest BCUT2D eigenvalue weighted by molar-refractivity contribution is -0.153. The van der Waals surface area contributed by atoms with Gasteiger partial charge in [0.25, 0.3) is 0 Å². The Morgan fingerprint density at radius 3 is 2.31 bits per heavy atom. The predicted molar refractivity (Wildman–Crippen MR) is 116 cm³/mol. The molecule has 0 aromatic carbocycles. The molecule has 3 fully saturated rings. The zero-order valence-electron chi connectivity index (χ0n) is 19.4. The number of likely N-dealkylation sites (N-methyl/N-ethyl adjacent to an activating group) is 1. The fourth-order valence-corrected chi connectivity index (χ4v) is 6.80. The molecule has 6 heteroatoms. The van der Waals surface area contributed by atoms with Crippen LogP contribution in [0.2, 0.25) is 0 Å². The number of nitrogens with one attached hydrogen (secondary N) is 1. The van der Waals surface area contributed by atoms with Crippen LogP contribution in [0.4, 0.5) is 0 Å². The zero-order chi connectivity index (χ0) is 21.7. The summed E-state index contributed by atoms with van der Waals surface area (Å²) >= 11 is 0. The van der Waals surface area contributed by atoms with Gasteiger partial charge in [0.1, 0.15) is 0 Å². The van der Waals surface area contributed by atoms with Gasteiger partial charge < -0.3 is 25.8 Å². The summed E-state index contributed by atoms with van der Waals surface area (Å²) in [7, 11) is 3.80. The number of nitrogens with zero attached hydrogens (tertiary/aromatic N) is 2. The molecule has 2 saturated carbocycles. The van der Waals surface area contributed by atoms with Gasteiger partial charge in [0.05, 0.1) is 17.2 Å². The zero-order valence-corrected chi connectivity index (χ0v) is 19.4. The van der Waals surface area contributed by atoms with E-state index in [2.05, 4.69) is 19.2 Å². The first-order valence-corrected chi connectivity index (χ1v) is 11.3. The highest BCUT2D eigenvalue weighted by Crippen LogP contribution is 2.59. The van der Waals surface area contributed by atoms with Gasteiger partial charge in [0.2, 0.25) is 6.41 Å². The second-order valence-corrected chi connectivity index (χ2v) is 11.0. The Kier molecular flexibility index (Phi) is 6.16. The van der Waals surface area contributed by atoms with Crippen LogP contribution in [0.3, 0.4) is 0 Å². The van der Waals surface area contributed by atoms with Crippen molar-refractivity contribution in [3.8, 4) is 0 Å². The van der Waals surface area contributed by atoms with Gasteiger partial charge in [-0.05, 0) is 71.6 Å². The second kappa shape index (κ2) is 7.77. The van der Waals surface area contributed by atoms with Crippen molar-refractivity contribution in [2.45, 2.75) is 108 Å². The Labute approximate surface area is 176 Å². The van der Waals surface area contributed by atoms with Crippen molar-refractivity contribution in [2.75, 3.05) is 14.1 Å². The van der Waals surface area contributed by atoms with E-state index in [4.69, 9.17) is 15.4 Å². The molecule has 0 aromatic rings. The minimum atomic E-state index is -0.785. The van der Waals surface area contributed by atoms with E-state index in [0.29, 0.717) is 11.8 Å². The van der Waals surface area contributed by atoms with Gasteiger partial charge in [-0.1, -0.05) is 19.3 Å². The van der Waals surface area contributed by atoms with Gasteiger partial charge in [0.15, 0.2) is 0 Å². The molecule has 8 unspecified atom stereocenters. The molecular weight excluding hydrogens is 366 g/mol. The van der Waals surface area contributed by atoms with Gasteiger partial charge in [-0.15, -0.1) is 11.6 Å². The predicted octanol–water partition coefficient (Wildman–Crippen LogP) is 3.77. The fraction of sp³-hybridized carbons (Fsp3) is 0.957. The monoisotopic (exact) mass is 407 g/mol. The van der Waals surface area contributed by atoms with Crippen molar-refractivity contribution in [1.82, 2.24) is 5.32 Å². The van der Waals surface area contributed by atoms with Gasteiger partial charge in [-0.25, -0.2) is 0 Å². The molecule has 1 heterocycles. The number of carbonyl (C=O) groups excluding carboxylic acids is 1. The standard InChI is InChI=1S/C23H41N3O3/c1-20(2,26-14-27)17-10-13-23(5,29-17)16-8-11-21(3,25-7)15-9-12-22(4,28)19(24-6)18(15)16/h14-19,28H,8-13H2,1-7H3,(H,26,27)/q-2. The maximum atomic E-state index is 11.2. The van der Waals surface area contributed by atoms with Crippen LogP contribution in [-0.4, -0.2) is 60.0 Å². The highest BCUT2D eigenvalue weighted by molar-refractivity contribution is 5.48. The lowest BCUT2D eigenvalue weighted by Gasteiger charge is -2.67. The summed E-state index contributed by atoms with van der Waals surface area (Å²) in [4.78, 5) is 11.1. The van der Waals surface area contributed by atoms with E-state index in [1.165, 1.54) is 0 Å². The van der Waals surface area contributed by atoms with Crippen LogP contribution in [-0.2, 0) is 9.53 Å². The van der Waals surface area contributed by atoms with Crippen molar-refractivity contribution in [2.24, 2.45) is 17.8 Å². The summed E-state index contributed by atoms with van der Waals surface area (Å²) in [6.45, 7) is 10.5. The molecular formula is C23H41N3O3-2. The molecule has 29 heavy (non-hydrogen) atoms. The minimum absolute atomic E-state index is 0.0126. The molecule has 2 N–H and O–H groups in total. The minimum Gasteiger partial charge on any atom is -0.660 e. The quantitative estimate of drug-likeness (QED) is 0.657. The second-order valence-electron chi connectivity index (χ2n) is 11.0.